The van der Waals surface area contributed by atoms with Crippen molar-refractivity contribution in [1.82, 2.24) is 0 Å². The topological polar surface area (TPSA) is 43.4 Å². The average Bonchev–Trinajstić information content (AvgIpc) is 2.88. The number of carbonyl (C=O) groups excluding carboxylic acids is 2. The molecule has 3 fully saturated rings. The number of rotatable bonds is 1. The number of hydrogen-bond acceptors (Lipinski definition) is 3. The third-order valence-electron chi connectivity index (χ3n) is 8.35. The molecule has 4 aliphatic carbocycles. The highest BCUT2D eigenvalue weighted by atomic mass is 16.5. The van der Waals surface area contributed by atoms with Crippen LogP contribution >= 0.6 is 0 Å². The van der Waals surface area contributed by atoms with Gasteiger partial charge in [0.05, 0.1) is 13.0 Å². The lowest BCUT2D eigenvalue weighted by Crippen LogP contribution is -2.50. The number of hydrogen-bond donors (Lipinski definition) is 0. The van der Waals surface area contributed by atoms with Gasteiger partial charge in [-0.15, -0.1) is 0 Å². The molecule has 0 N–H and O–H groups in total. The van der Waals surface area contributed by atoms with Gasteiger partial charge in [0.2, 0.25) is 0 Å². The van der Waals surface area contributed by atoms with Crippen molar-refractivity contribution in [3.05, 3.63) is 11.6 Å². The number of fused-ring (bicyclic) bond motifs is 5. The van der Waals surface area contributed by atoms with Gasteiger partial charge in [0.15, 0.2) is 0 Å². The summed E-state index contributed by atoms with van der Waals surface area (Å²) in [5.41, 5.74) is 1.69. The fourth-order valence-electron chi connectivity index (χ4n) is 6.80. The summed E-state index contributed by atoms with van der Waals surface area (Å²) < 4.78 is 4.99. The minimum atomic E-state index is -0.0495. The van der Waals surface area contributed by atoms with Crippen LogP contribution in [-0.2, 0) is 14.3 Å². The Morgan fingerprint density at radius 2 is 1.83 bits per heavy atom. The molecule has 3 heteroatoms. The average molecular weight is 330 g/mol. The molecule has 6 atom stereocenters. The van der Waals surface area contributed by atoms with Crippen molar-refractivity contribution in [2.75, 3.05) is 7.11 Å². The van der Waals surface area contributed by atoms with Gasteiger partial charge in [0.1, 0.15) is 5.78 Å². The van der Waals surface area contributed by atoms with Gasteiger partial charge in [-0.1, -0.05) is 25.5 Å². The van der Waals surface area contributed by atoms with E-state index in [0.717, 1.165) is 44.9 Å². The minimum Gasteiger partial charge on any atom is -0.469 e. The number of ether oxygens (including phenoxy) is 1. The molecule has 0 aliphatic heterocycles. The Balaban J connectivity index is 1.62. The molecule has 0 saturated heterocycles. The lowest BCUT2D eigenvalue weighted by atomic mass is 9.47. The second kappa shape index (κ2) is 5.44. The van der Waals surface area contributed by atoms with Crippen LogP contribution in [0, 0.1) is 34.5 Å². The highest BCUT2D eigenvalue weighted by Crippen LogP contribution is 2.64. The first-order chi connectivity index (χ1) is 11.4. The molecule has 0 spiro atoms. The highest BCUT2D eigenvalue weighted by molar-refractivity contribution is 5.87. The first-order valence-corrected chi connectivity index (χ1v) is 9.71. The van der Waals surface area contributed by atoms with Gasteiger partial charge < -0.3 is 4.74 Å². The summed E-state index contributed by atoms with van der Waals surface area (Å²) in [7, 11) is 1.50. The molecular weight excluding hydrogens is 300 g/mol. The zero-order chi connectivity index (χ0) is 17.1. The Bertz CT molecular complexity index is 606. The molecule has 3 saturated carbocycles. The van der Waals surface area contributed by atoms with E-state index in [-0.39, 0.29) is 22.7 Å². The molecule has 0 amide bonds. The van der Waals surface area contributed by atoms with Crippen molar-refractivity contribution < 1.29 is 14.3 Å². The Morgan fingerprint density at radius 1 is 1.12 bits per heavy atom. The van der Waals surface area contributed by atoms with Crippen LogP contribution in [0.4, 0.5) is 0 Å². The summed E-state index contributed by atoms with van der Waals surface area (Å²) in [4.78, 5) is 24.4. The fourth-order valence-corrected chi connectivity index (χ4v) is 6.80. The normalized spacial score (nSPS) is 47.3. The van der Waals surface area contributed by atoms with Crippen LogP contribution in [0.3, 0.4) is 0 Å². The maximum absolute atomic E-state index is 12.5. The van der Waals surface area contributed by atoms with Crippen LogP contribution < -0.4 is 0 Å². The van der Waals surface area contributed by atoms with Crippen LogP contribution in [-0.4, -0.2) is 18.9 Å². The van der Waals surface area contributed by atoms with Crippen molar-refractivity contribution in [2.45, 2.75) is 65.2 Å². The second-order valence-corrected chi connectivity index (χ2v) is 9.14. The summed E-state index contributed by atoms with van der Waals surface area (Å²) in [6.07, 6.45) is 10.6. The van der Waals surface area contributed by atoms with Gasteiger partial charge in [-0.25, -0.2) is 0 Å². The lowest BCUT2D eigenvalue weighted by Gasteiger charge is -2.56. The number of ketones is 1. The molecule has 3 nitrogen and oxygen atoms in total. The predicted molar refractivity (Wildman–Crippen MR) is 92.2 cm³/mol. The van der Waals surface area contributed by atoms with E-state index in [0.29, 0.717) is 23.5 Å². The lowest BCUT2D eigenvalue weighted by molar-refractivity contribution is -0.147. The summed E-state index contributed by atoms with van der Waals surface area (Å²) in [5.74, 6) is 2.46. The zero-order valence-electron chi connectivity index (χ0n) is 15.3. The maximum Gasteiger partial charge on any atom is 0.308 e. The summed E-state index contributed by atoms with van der Waals surface area (Å²) in [6, 6.07) is 0. The summed E-state index contributed by atoms with van der Waals surface area (Å²) in [6.45, 7) is 4.67. The van der Waals surface area contributed by atoms with Crippen molar-refractivity contribution >= 4 is 11.8 Å². The molecule has 0 bridgehead atoms. The highest BCUT2D eigenvalue weighted by Gasteiger charge is 2.58. The largest absolute Gasteiger partial charge is 0.469 e. The molecule has 24 heavy (non-hydrogen) atoms. The summed E-state index contributed by atoms with van der Waals surface area (Å²) in [5, 5.41) is 0. The Morgan fingerprint density at radius 3 is 2.58 bits per heavy atom. The fraction of sp³-hybridized carbons (Fsp3) is 0.810. The third-order valence-corrected chi connectivity index (χ3v) is 8.35. The predicted octanol–water partition coefficient (Wildman–Crippen LogP) is 4.31. The molecule has 4 rings (SSSR count). The minimum absolute atomic E-state index is 0.0438. The Hall–Kier alpha value is -1.12. The second-order valence-electron chi connectivity index (χ2n) is 9.14. The van der Waals surface area contributed by atoms with E-state index >= 15 is 0 Å². The number of carbonyl (C=O) groups is 2. The molecule has 0 radical (unpaired) electrons. The molecule has 0 aromatic carbocycles. The van der Waals surface area contributed by atoms with Crippen LogP contribution in [0.2, 0.25) is 0 Å². The quantitative estimate of drug-likeness (QED) is 0.531. The standard InChI is InChI=1S/C21H30O3/c1-20-10-8-13(19(23)24-3)12-14(20)4-5-15-16-6-7-18(22)21(16,2)11-9-17(15)20/h4,13,15-17H,5-12H2,1-3H3/t13?,15-,16-,17+,20-,21-/m0/s1. The van der Waals surface area contributed by atoms with E-state index in [1.807, 2.05) is 0 Å². The zero-order valence-corrected chi connectivity index (χ0v) is 15.3. The number of allylic oxidation sites excluding steroid dienone is 2. The molecule has 0 heterocycles. The van der Waals surface area contributed by atoms with Crippen molar-refractivity contribution in [2.24, 2.45) is 34.5 Å². The number of Topliss-reactive ketones (excluding diaryl/α,β-unsaturated/α-hetero) is 1. The van der Waals surface area contributed by atoms with E-state index in [4.69, 9.17) is 4.74 Å². The molecular formula is C21H30O3. The molecule has 4 aliphatic rings. The first kappa shape index (κ1) is 16.4. The van der Waals surface area contributed by atoms with Gasteiger partial charge in [-0.05, 0) is 68.1 Å². The monoisotopic (exact) mass is 330 g/mol. The Labute approximate surface area is 145 Å². The SMILES string of the molecule is COC(=O)C1CC[C@@]2(C)C(=CC[C@@H]3[C@H]2CC[C@]2(C)C(=O)CC[C@@H]32)C1. The van der Waals surface area contributed by atoms with E-state index in [1.54, 1.807) is 0 Å². The maximum atomic E-state index is 12.5. The smallest absolute Gasteiger partial charge is 0.308 e. The van der Waals surface area contributed by atoms with Crippen LogP contribution in [0.5, 0.6) is 0 Å². The van der Waals surface area contributed by atoms with Crippen molar-refractivity contribution in [3.8, 4) is 0 Å². The Kier molecular flexibility index (Phi) is 3.71. The van der Waals surface area contributed by atoms with E-state index in [9.17, 15) is 9.59 Å². The van der Waals surface area contributed by atoms with E-state index in [2.05, 4.69) is 19.9 Å². The van der Waals surface area contributed by atoms with Crippen LogP contribution in [0.25, 0.3) is 0 Å². The van der Waals surface area contributed by atoms with Gasteiger partial charge in [-0.3, -0.25) is 9.59 Å². The summed E-state index contributed by atoms with van der Waals surface area (Å²) >= 11 is 0. The number of esters is 1. The van der Waals surface area contributed by atoms with Gasteiger partial charge in [-0.2, -0.15) is 0 Å². The van der Waals surface area contributed by atoms with E-state index in [1.165, 1.54) is 19.1 Å². The van der Waals surface area contributed by atoms with Gasteiger partial charge >= 0.3 is 5.97 Å². The van der Waals surface area contributed by atoms with Crippen LogP contribution in [0.15, 0.2) is 11.6 Å². The molecule has 0 aromatic heterocycles. The molecule has 0 aromatic rings. The van der Waals surface area contributed by atoms with Crippen molar-refractivity contribution in [1.29, 1.82) is 0 Å². The third kappa shape index (κ3) is 2.09. The molecule has 1 unspecified atom stereocenters. The van der Waals surface area contributed by atoms with E-state index < -0.39 is 0 Å². The number of methoxy groups -OCH3 is 1. The molecule has 132 valence electrons. The van der Waals surface area contributed by atoms with Gasteiger partial charge in [0.25, 0.3) is 0 Å². The van der Waals surface area contributed by atoms with Crippen molar-refractivity contribution in [3.63, 3.8) is 0 Å². The first-order valence-electron chi connectivity index (χ1n) is 9.71. The van der Waals surface area contributed by atoms with Gasteiger partial charge in [0, 0.05) is 11.8 Å². The van der Waals surface area contributed by atoms with Crippen LogP contribution in [0.1, 0.15) is 65.2 Å².